The molecule has 0 spiro atoms. The van der Waals surface area contributed by atoms with Crippen molar-refractivity contribution in [2.45, 2.75) is 55.3 Å². The topological polar surface area (TPSA) is 536 Å². The fourth-order valence-corrected chi connectivity index (χ4v) is 11.8. The minimum atomic E-state index is -5.50. The minimum Gasteiger partial charge on any atom is -0.744 e. The largest absolute Gasteiger partial charge is 1.00 e. The third-order valence-corrected chi connectivity index (χ3v) is 17.5. The second kappa shape index (κ2) is 37.8. The van der Waals surface area contributed by atoms with Gasteiger partial charge in [-0.25, -0.2) is 70.5 Å². The molecule has 96 heavy (non-hydrogen) atoms. The molecule has 0 amide bonds. The molecule has 0 aliphatic heterocycles. The van der Waals surface area contributed by atoms with Gasteiger partial charge in [0.2, 0.25) is 34.4 Å². The molecule has 44 heteroatoms. The Labute approximate surface area is 681 Å². The number of anilines is 2. The summed E-state index contributed by atoms with van der Waals surface area (Å²) in [5.74, 6) is -0.337. The average Bonchev–Trinajstić information content (AvgIpc) is 0.806. The Bertz CT molecular complexity index is 4970. The first-order valence-electron chi connectivity index (χ1n) is 25.2. The van der Waals surface area contributed by atoms with E-state index >= 15 is 0 Å². The van der Waals surface area contributed by atoms with Crippen LogP contribution in [0.1, 0.15) is 35.1 Å². The molecule has 2 heterocycles. The van der Waals surface area contributed by atoms with Gasteiger partial charge in [0.25, 0.3) is 0 Å². The van der Waals surface area contributed by atoms with Gasteiger partial charge in [-0.05, 0) is 82.9 Å². The first-order valence-corrected chi connectivity index (χ1v) is 33.6. The maximum absolute atomic E-state index is 12.9. The van der Waals surface area contributed by atoms with Gasteiger partial charge in [-0.1, -0.05) is 84.9 Å². The van der Waals surface area contributed by atoms with E-state index in [1.54, 1.807) is 60.7 Å². The summed E-state index contributed by atoms with van der Waals surface area (Å²) in [5.41, 5.74) is -3.88. The standard InChI is InChI=1S/C52H46N14O18S6.6Na/c53-23-7-25-65(31-33-9-3-1-4-10-33)51-61-47(59-49(63-51)57-41-29-39(85(67,68)69)19-21-43(41)87(73,74)75)55-37-17-15-35(45(27-37)89(79,80)81)13-14-36-16-18-38(28-46(36)90(82,83)84)56-48-60-50(58-42-30-40(86(70,71)72)20-22-44(42)88(76,77)78)64-52(62-48)66(26-8-24-54)32-34-11-5-2-6-12-34;;;;;;/h1-6,9-22,27-30H,7-8,25-26,31-32H2,(H,67,68,69)(H,70,71,72)(H,73,74,75)(H,76,77,78)(H,79,80,81)(H,82,83,84)(H2,55,57,59,61,63)(H2,56,58,60,62,64);;;;;;/q;6*+1/p-6/b14-13+;;;;;;. The van der Waals surface area contributed by atoms with Gasteiger partial charge in [0.05, 0.1) is 77.1 Å². The van der Waals surface area contributed by atoms with Crippen LogP contribution in [0.25, 0.3) is 12.2 Å². The maximum Gasteiger partial charge on any atom is 1.00 e. The number of H-pyrrole nitrogens is 4. The molecule has 8 aromatic rings. The van der Waals surface area contributed by atoms with Gasteiger partial charge in [0, 0.05) is 26.2 Å². The number of hydrogen-bond acceptors (Lipinski definition) is 28. The number of rotatable bonds is 22. The second-order valence-corrected chi connectivity index (χ2v) is 26.7. The molecule has 0 fully saturated rings. The summed E-state index contributed by atoms with van der Waals surface area (Å²) in [6.07, 6.45) is 1.68. The van der Waals surface area contributed by atoms with Crippen LogP contribution < -0.4 is 210 Å². The molecule has 32 nitrogen and oxygen atoms in total. The Balaban J connectivity index is 0.00000523. The molecule has 6 aromatic carbocycles. The zero-order valence-corrected chi connectivity index (χ0v) is 68.3. The molecule has 468 valence electrons. The van der Waals surface area contributed by atoms with Gasteiger partial charge < -0.3 is 37.1 Å². The van der Waals surface area contributed by atoms with Crippen molar-refractivity contribution in [2.75, 3.05) is 22.9 Å². The molecule has 0 saturated carbocycles. The smallest absolute Gasteiger partial charge is 0.744 e. The monoisotopic (exact) mass is 1480 g/mol. The van der Waals surface area contributed by atoms with Gasteiger partial charge >= 0.3 is 177 Å². The fraction of sp³-hybridized carbons (Fsp3) is 0.115. The van der Waals surface area contributed by atoms with Gasteiger partial charge in [0.1, 0.15) is 60.7 Å². The Morgan fingerprint density at radius 1 is 0.406 bits per heavy atom. The number of hydrogen-bond donors (Lipinski definition) is 4. The SMILES string of the molecule is N#CCCN(Cc1ccccc1)c1nc(=Nc2ccc(/C=C/c3ccc(N=c4nc(N(CCC#N)Cc5ccccc5)[nH]c(=Nc5cc(S(=O)(=O)[O-])ccc5S(=O)(=O)[O-])[nH]4)cc3S(=O)(=O)[O-])c(S(=O)(=O)[O-])c2)[nH]c(=Nc2cc(S(=O)(=O)[O-])ccc2S(=O)(=O)[O-])[nH]1.[Na+].[Na+].[Na+].[Na+].[Na+].[Na+]. The van der Waals surface area contributed by atoms with E-state index in [9.17, 15) is 88.3 Å². The van der Waals surface area contributed by atoms with Gasteiger partial charge in [0.15, 0.2) is 0 Å². The molecule has 2 aromatic heterocycles. The molecule has 4 N–H and O–H groups in total. The number of nitrogens with one attached hydrogen (secondary N) is 4. The molecule has 8 rings (SSSR count). The zero-order chi connectivity index (χ0) is 65.4. The quantitative estimate of drug-likeness (QED) is 0.0278. The van der Waals surface area contributed by atoms with E-state index in [-0.39, 0.29) is 240 Å². The average molecular weight is 1480 g/mol. The van der Waals surface area contributed by atoms with E-state index in [1.165, 1.54) is 9.80 Å². The number of aromatic nitrogens is 6. The second-order valence-electron chi connectivity index (χ2n) is 18.6. The van der Waals surface area contributed by atoms with Crippen molar-refractivity contribution in [3.05, 3.63) is 178 Å². The third-order valence-electron chi connectivity index (χ3n) is 12.2. The van der Waals surface area contributed by atoms with E-state index in [0.29, 0.717) is 47.5 Å². The van der Waals surface area contributed by atoms with E-state index in [1.807, 2.05) is 12.1 Å². The first-order chi connectivity index (χ1) is 42.2. The zero-order valence-electron chi connectivity index (χ0n) is 51.4. The van der Waals surface area contributed by atoms with Gasteiger partial charge in [-0.2, -0.15) is 20.5 Å². The molecule has 0 aliphatic carbocycles. The van der Waals surface area contributed by atoms with Crippen molar-refractivity contribution in [1.29, 1.82) is 10.5 Å². The predicted octanol–water partition coefficient (Wildman–Crippen LogP) is -15.8. The van der Waals surface area contributed by atoms with Crippen LogP contribution in [0.3, 0.4) is 0 Å². The normalized spacial score (nSPS) is 12.5. The van der Waals surface area contributed by atoms with E-state index in [4.69, 9.17) is 0 Å². The summed E-state index contributed by atoms with van der Waals surface area (Å²) in [5, 5.41) is 19.1. The van der Waals surface area contributed by atoms with E-state index in [2.05, 4.69) is 49.9 Å². The van der Waals surface area contributed by atoms with Crippen LogP contribution >= 0.6 is 0 Å². The van der Waals surface area contributed by atoms with Crippen molar-refractivity contribution >= 4 is 108 Å². The van der Waals surface area contributed by atoms with Crippen molar-refractivity contribution in [1.82, 2.24) is 29.9 Å². The summed E-state index contributed by atoms with van der Waals surface area (Å²) < 4.78 is 223. The van der Waals surface area contributed by atoms with Crippen LogP contribution in [-0.4, -0.2) is 121 Å². The van der Waals surface area contributed by atoms with E-state index < -0.39 is 135 Å². The number of nitrogens with zero attached hydrogens (tertiary/aromatic N) is 10. The van der Waals surface area contributed by atoms with Gasteiger partial charge in [-0.3, -0.25) is 19.9 Å². The van der Waals surface area contributed by atoms with Crippen LogP contribution in [-0.2, 0) is 73.8 Å². The Hall–Kier alpha value is -3.68. The Morgan fingerprint density at radius 3 is 1.04 bits per heavy atom. The minimum absolute atomic E-state index is 0. The number of nitriles is 2. The van der Waals surface area contributed by atoms with E-state index in [0.717, 1.165) is 48.6 Å². The Morgan fingerprint density at radius 2 is 0.740 bits per heavy atom. The summed E-state index contributed by atoms with van der Waals surface area (Å²) >= 11 is 0. The first kappa shape index (κ1) is 88.4. The molecular formula is C52H40N14Na6O18S6. The number of aromatic amines is 4. The van der Waals surface area contributed by atoms with Gasteiger partial charge in [-0.15, -0.1) is 0 Å². The van der Waals surface area contributed by atoms with Crippen LogP contribution in [0, 0.1) is 22.7 Å². The molecule has 0 atom stereocenters. The molecule has 0 unspecified atom stereocenters. The van der Waals surface area contributed by atoms with Crippen molar-refractivity contribution < 1.29 is 255 Å². The van der Waals surface area contributed by atoms with Crippen LogP contribution in [0.2, 0.25) is 0 Å². The summed E-state index contributed by atoms with van der Waals surface area (Å²) in [7, 11) is -32.3. The van der Waals surface area contributed by atoms with Crippen molar-refractivity contribution in [3.8, 4) is 12.1 Å². The molecule has 0 radical (unpaired) electrons. The third kappa shape index (κ3) is 25.1. The Kier molecular flexibility index (Phi) is 34.8. The van der Waals surface area contributed by atoms with Crippen LogP contribution in [0.4, 0.5) is 34.6 Å². The van der Waals surface area contributed by atoms with Crippen LogP contribution in [0.15, 0.2) is 183 Å². The molecule has 0 bridgehead atoms. The summed E-state index contributed by atoms with van der Waals surface area (Å²) in [4.78, 5) is 33.1. The number of benzene rings is 6. The molecular weight excluding hydrogens is 1440 g/mol. The van der Waals surface area contributed by atoms with Crippen molar-refractivity contribution in [3.63, 3.8) is 0 Å². The molecule has 0 saturated heterocycles. The summed E-state index contributed by atoms with van der Waals surface area (Å²) in [6, 6.07) is 30.4. The maximum atomic E-state index is 12.9. The summed E-state index contributed by atoms with van der Waals surface area (Å²) in [6.45, 7) is -0.0181. The predicted molar refractivity (Wildman–Crippen MR) is 305 cm³/mol. The van der Waals surface area contributed by atoms with Crippen molar-refractivity contribution in [2.24, 2.45) is 20.0 Å². The molecule has 0 aliphatic rings. The fourth-order valence-electron chi connectivity index (χ4n) is 8.27. The van der Waals surface area contributed by atoms with Crippen LogP contribution in [0.5, 0.6) is 0 Å².